The summed E-state index contributed by atoms with van der Waals surface area (Å²) in [4.78, 5) is 45.5. The van der Waals surface area contributed by atoms with Crippen LogP contribution in [-0.4, -0.2) is 33.8 Å². The zero-order valence-electron chi connectivity index (χ0n) is 21.4. The minimum Gasteiger partial charge on any atom is -0.462 e. The van der Waals surface area contributed by atoms with E-state index in [4.69, 9.17) is 9.72 Å². The summed E-state index contributed by atoms with van der Waals surface area (Å²) in [5.41, 5.74) is 2.79. The van der Waals surface area contributed by atoms with E-state index in [1.807, 2.05) is 37.3 Å². The predicted molar refractivity (Wildman–Crippen MR) is 153 cm³/mol. The number of fused-ring (bicyclic) bond motifs is 3. The van der Waals surface area contributed by atoms with E-state index in [1.165, 1.54) is 16.6 Å². The normalized spacial score (nSPS) is 14.7. The van der Waals surface area contributed by atoms with E-state index in [2.05, 4.69) is 12.2 Å². The molecule has 0 spiro atoms. The van der Waals surface area contributed by atoms with Gasteiger partial charge in [-0.05, 0) is 73.6 Å². The molecule has 0 aliphatic heterocycles. The second kappa shape index (κ2) is 11.5. The summed E-state index contributed by atoms with van der Waals surface area (Å²) < 4.78 is 6.77. The number of esters is 1. The first-order valence-corrected chi connectivity index (χ1v) is 14.6. The molecule has 1 atom stereocenters. The first-order valence-electron chi connectivity index (χ1n) is 12.8. The van der Waals surface area contributed by atoms with Gasteiger partial charge in [0.15, 0.2) is 5.16 Å². The second-order valence-corrected chi connectivity index (χ2v) is 11.5. The Morgan fingerprint density at radius 2 is 1.92 bits per heavy atom. The Balaban J connectivity index is 1.38. The van der Waals surface area contributed by atoms with Gasteiger partial charge in [0.2, 0.25) is 5.91 Å². The SMILES string of the molecule is CCCOC(=O)c1ccc(NC(=O)CSc2nc3sc4c(c3c(=O)n2-c2ccccc2)CCC(C)C4)cc1. The fraction of sp³-hybridized carbons (Fsp3) is 0.310. The van der Waals surface area contributed by atoms with Crippen molar-refractivity contribution in [2.24, 2.45) is 5.92 Å². The molecule has 5 rings (SSSR count). The molecule has 1 amide bonds. The number of carbonyl (C=O) groups is 2. The van der Waals surface area contributed by atoms with Crippen molar-refractivity contribution < 1.29 is 14.3 Å². The number of hydrogen-bond acceptors (Lipinski definition) is 7. The topological polar surface area (TPSA) is 90.3 Å². The highest BCUT2D eigenvalue weighted by Gasteiger charge is 2.25. The van der Waals surface area contributed by atoms with Crippen LogP contribution in [0.1, 0.15) is 47.5 Å². The van der Waals surface area contributed by atoms with E-state index in [0.29, 0.717) is 34.3 Å². The zero-order chi connectivity index (χ0) is 26.6. The smallest absolute Gasteiger partial charge is 0.338 e. The fourth-order valence-electron chi connectivity index (χ4n) is 4.57. The van der Waals surface area contributed by atoms with E-state index in [1.54, 1.807) is 40.2 Å². The van der Waals surface area contributed by atoms with Crippen LogP contribution in [0.4, 0.5) is 5.69 Å². The van der Waals surface area contributed by atoms with Crippen LogP contribution in [0, 0.1) is 5.92 Å². The molecule has 2 aromatic heterocycles. The molecule has 1 unspecified atom stereocenters. The van der Waals surface area contributed by atoms with Gasteiger partial charge < -0.3 is 10.1 Å². The standard InChI is InChI=1S/C29H29N3O4S2/c1-3-15-36-28(35)19-10-12-20(13-11-19)30-24(33)17-37-29-31-26-25(22-14-9-18(2)16-23(22)38-26)27(34)32(29)21-7-5-4-6-8-21/h4-8,10-13,18H,3,9,14-17H2,1-2H3,(H,30,33). The Bertz CT molecular complexity index is 1530. The zero-order valence-corrected chi connectivity index (χ0v) is 23.0. The van der Waals surface area contributed by atoms with Gasteiger partial charge in [0, 0.05) is 10.6 Å². The molecule has 2 heterocycles. The molecule has 0 saturated heterocycles. The third-order valence-electron chi connectivity index (χ3n) is 6.49. The van der Waals surface area contributed by atoms with Crippen molar-refractivity contribution in [2.45, 2.75) is 44.7 Å². The van der Waals surface area contributed by atoms with Crippen molar-refractivity contribution in [3.05, 3.63) is 81.0 Å². The molecule has 1 N–H and O–H groups in total. The minimum absolute atomic E-state index is 0.0766. The van der Waals surface area contributed by atoms with E-state index >= 15 is 0 Å². The van der Waals surface area contributed by atoms with E-state index in [0.717, 1.165) is 41.8 Å². The molecule has 38 heavy (non-hydrogen) atoms. The average Bonchev–Trinajstić information content (AvgIpc) is 3.29. The van der Waals surface area contributed by atoms with Gasteiger partial charge in [0.1, 0.15) is 4.83 Å². The highest BCUT2D eigenvalue weighted by atomic mass is 32.2. The molecule has 196 valence electrons. The van der Waals surface area contributed by atoms with Crippen LogP contribution in [0.5, 0.6) is 0 Å². The van der Waals surface area contributed by atoms with Gasteiger partial charge in [-0.25, -0.2) is 9.78 Å². The number of benzene rings is 2. The number of anilines is 1. The molecule has 0 bridgehead atoms. The molecule has 4 aromatic rings. The average molecular weight is 548 g/mol. The monoisotopic (exact) mass is 547 g/mol. The molecule has 1 aliphatic rings. The number of hydrogen-bond donors (Lipinski definition) is 1. The summed E-state index contributed by atoms with van der Waals surface area (Å²) in [6, 6.07) is 16.0. The lowest BCUT2D eigenvalue weighted by Gasteiger charge is -2.17. The lowest BCUT2D eigenvalue weighted by molar-refractivity contribution is -0.113. The van der Waals surface area contributed by atoms with E-state index in [-0.39, 0.29) is 23.2 Å². The third kappa shape index (κ3) is 5.54. The number of nitrogens with zero attached hydrogens (tertiary/aromatic N) is 2. The van der Waals surface area contributed by atoms with Gasteiger partial charge in [0.05, 0.1) is 29.0 Å². The summed E-state index contributed by atoms with van der Waals surface area (Å²) in [6.45, 7) is 4.55. The number of amides is 1. The maximum absolute atomic E-state index is 13.8. The number of rotatable bonds is 8. The highest BCUT2D eigenvalue weighted by molar-refractivity contribution is 7.99. The number of carbonyl (C=O) groups excluding carboxylic acids is 2. The van der Waals surface area contributed by atoms with Crippen molar-refractivity contribution in [3.8, 4) is 5.69 Å². The molecule has 0 radical (unpaired) electrons. The van der Waals surface area contributed by atoms with Crippen molar-refractivity contribution in [2.75, 3.05) is 17.7 Å². The van der Waals surface area contributed by atoms with Crippen molar-refractivity contribution >= 4 is 50.9 Å². The Morgan fingerprint density at radius 3 is 2.66 bits per heavy atom. The highest BCUT2D eigenvalue weighted by Crippen LogP contribution is 2.37. The second-order valence-electron chi connectivity index (χ2n) is 9.45. The van der Waals surface area contributed by atoms with Crippen LogP contribution in [0.25, 0.3) is 15.9 Å². The van der Waals surface area contributed by atoms with Gasteiger partial charge in [0.25, 0.3) is 5.56 Å². The summed E-state index contributed by atoms with van der Waals surface area (Å²) in [5.74, 6) is 0.0585. The van der Waals surface area contributed by atoms with Crippen LogP contribution in [0.3, 0.4) is 0 Å². The number of aryl methyl sites for hydroxylation is 1. The number of thiophene rings is 1. The number of aromatic nitrogens is 2. The van der Waals surface area contributed by atoms with E-state index < -0.39 is 0 Å². The van der Waals surface area contributed by atoms with Crippen LogP contribution in [0.2, 0.25) is 0 Å². The number of ether oxygens (including phenoxy) is 1. The summed E-state index contributed by atoms with van der Waals surface area (Å²) in [5, 5.41) is 4.06. The van der Waals surface area contributed by atoms with Gasteiger partial charge in [-0.15, -0.1) is 11.3 Å². The largest absolute Gasteiger partial charge is 0.462 e. The van der Waals surface area contributed by atoms with Crippen LogP contribution in [-0.2, 0) is 22.4 Å². The Morgan fingerprint density at radius 1 is 1.16 bits per heavy atom. The lowest BCUT2D eigenvalue weighted by atomic mass is 9.89. The molecule has 0 saturated carbocycles. The molecular weight excluding hydrogens is 518 g/mol. The summed E-state index contributed by atoms with van der Waals surface area (Å²) in [6.07, 6.45) is 3.69. The van der Waals surface area contributed by atoms with Crippen molar-refractivity contribution in [1.29, 1.82) is 0 Å². The quantitative estimate of drug-likeness (QED) is 0.169. The predicted octanol–water partition coefficient (Wildman–Crippen LogP) is 5.87. The van der Waals surface area contributed by atoms with Gasteiger partial charge in [-0.1, -0.05) is 43.8 Å². The van der Waals surface area contributed by atoms with Crippen LogP contribution >= 0.6 is 23.1 Å². The minimum atomic E-state index is -0.384. The molecule has 0 fully saturated rings. The molecule has 2 aromatic carbocycles. The summed E-state index contributed by atoms with van der Waals surface area (Å²) >= 11 is 2.84. The molecule has 7 nitrogen and oxygen atoms in total. The van der Waals surface area contributed by atoms with Crippen LogP contribution < -0.4 is 10.9 Å². The Kier molecular flexibility index (Phi) is 7.95. The van der Waals surface area contributed by atoms with Gasteiger partial charge in [-0.3, -0.25) is 14.2 Å². The van der Waals surface area contributed by atoms with Crippen molar-refractivity contribution in [3.63, 3.8) is 0 Å². The summed E-state index contributed by atoms with van der Waals surface area (Å²) in [7, 11) is 0. The first-order chi connectivity index (χ1) is 18.4. The molecule has 9 heteroatoms. The first kappa shape index (κ1) is 26.2. The Hall–Kier alpha value is -3.43. The maximum Gasteiger partial charge on any atom is 0.338 e. The maximum atomic E-state index is 13.8. The molecule has 1 aliphatic carbocycles. The van der Waals surface area contributed by atoms with Gasteiger partial charge >= 0.3 is 5.97 Å². The molecular formula is C29H29N3O4S2. The van der Waals surface area contributed by atoms with Crippen molar-refractivity contribution in [1.82, 2.24) is 9.55 Å². The third-order valence-corrected chi connectivity index (χ3v) is 8.57. The number of thioether (sulfide) groups is 1. The fourth-order valence-corrected chi connectivity index (χ4v) is 6.80. The number of para-hydroxylation sites is 1. The lowest BCUT2D eigenvalue weighted by Crippen LogP contribution is -2.23. The van der Waals surface area contributed by atoms with E-state index in [9.17, 15) is 14.4 Å². The Labute approximate surface area is 229 Å². The number of nitrogens with one attached hydrogen (secondary N) is 1. The van der Waals surface area contributed by atoms with Gasteiger partial charge in [-0.2, -0.15) is 0 Å². The van der Waals surface area contributed by atoms with Crippen LogP contribution in [0.15, 0.2) is 64.5 Å².